The number of nitrogens with zero attached hydrogens (tertiary/aromatic N) is 3. The minimum Gasteiger partial charge on any atom is -0.332 e. The van der Waals surface area contributed by atoms with Crippen molar-refractivity contribution in [2.24, 2.45) is 0 Å². The first-order valence-corrected chi connectivity index (χ1v) is 6.96. The van der Waals surface area contributed by atoms with Gasteiger partial charge in [-0.2, -0.15) is 0 Å². The highest BCUT2D eigenvalue weighted by atomic mass is 35.5. The second-order valence-corrected chi connectivity index (χ2v) is 5.19. The molecule has 1 amide bonds. The van der Waals surface area contributed by atoms with Gasteiger partial charge in [-0.05, 0) is 42.7 Å². The quantitative estimate of drug-likeness (QED) is 0.797. The fourth-order valence-corrected chi connectivity index (χ4v) is 2.72. The van der Waals surface area contributed by atoms with E-state index in [1.54, 1.807) is 24.5 Å². The minimum atomic E-state index is 0.00785. The van der Waals surface area contributed by atoms with E-state index in [0.717, 1.165) is 24.9 Å². The Balaban J connectivity index is 1.85. The van der Waals surface area contributed by atoms with Crippen LogP contribution in [-0.2, 0) is 0 Å². The summed E-state index contributed by atoms with van der Waals surface area (Å²) in [7, 11) is 0. The van der Waals surface area contributed by atoms with Gasteiger partial charge in [0.25, 0.3) is 5.91 Å². The number of halogens is 1. The molecule has 0 aromatic carbocycles. The molecule has 5 heteroatoms. The van der Waals surface area contributed by atoms with Gasteiger partial charge < -0.3 is 4.90 Å². The number of amides is 1. The SMILES string of the molecule is O=C(c1ccc(Cl)nc1)N1CCCC1c1ccncc1. The molecule has 1 fully saturated rings. The van der Waals surface area contributed by atoms with Crippen LogP contribution in [0.25, 0.3) is 0 Å². The molecule has 1 unspecified atom stereocenters. The van der Waals surface area contributed by atoms with Gasteiger partial charge in [-0.25, -0.2) is 4.98 Å². The molecule has 1 aliphatic rings. The monoisotopic (exact) mass is 287 g/mol. The standard InChI is InChI=1S/C15H14ClN3O/c16-14-4-3-12(10-18-14)15(20)19-9-1-2-13(19)11-5-7-17-8-6-11/h3-8,10,13H,1-2,9H2. The Morgan fingerprint density at radius 3 is 2.75 bits per heavy atom. The molecule has 102 valence electrons. The molecule has 3 rings (SSSR count). The Hall–Kier alpha value is -1.94. The van der Waals surface area contributed by atoms with Gasteiger partial charge in [0.1, 0.15) is 5.15 Å². The maximum atomic E-state index is 12.6. The van der Waals surface area contributed by atoms with Gasteiger partial charge in [0.2, 0.25) is 0 Å². The van der Waals surface area contributed by atoms with Gasteiger partial charge in [-0.1, -0.05) is 11.6 Å². The van der Waals surface area contributed by atoms with Crippen molar-refractivity contribution in [2.75, 3.05) is 6.54 Å². The zero-order valence-corrected chi connectivity index (χ0v) is 11.6. The lowest BCUT2D eigenvalue weighted by atomic mass is 10.1. The summed E-state index contributed by atoms with van der Waals surface area (Å²) in [5, 5.41) is 0.397. The van der Waals surface area contributed by atoms with Gasteiger partial charge in [0, 0.05) is 25.1 Å². The lowest BCUT2D eigenvalue weighted by molar-refractivity contribution is 0.0735. The molecule has 0 N–H and O–H groups in total. The number of carbonyl (C=O) groups excluding carboxylic acids is 1. The molecular formula is C15H14ClN3O. The summed E-state index contributed by atoms with van der Waals surface area (Å²) in [6.45, 7) is 0.772. The Morgan fingerprint density at radius 2 is 2.05 bits per heavy atom. The average Bonchev–Trinajstić information content (AvgIpc) is 2.97. The highest BCUT2D eigenvalue weighted by Gasteiger charge is 2.30. The van der Waals surface area contributed by atoms with Crippen molar-refractivity contribution in [2.45, 2.75) is 18.9 Å². The molecule has 2 aromatic rings. The third-order valence-corrected chi connectivity index (χ3v) is 3.80. The highest BCUT2D eigenvalue weighted by molar-refractivity contribution is 6.29. The molecule has 0 aliphatic carbocycles. The Morgan fingerprint density at radius 1 is 1.25 bits per heavy atom. The second-order valence-electron chi connectivity index (χ2n) is 4.81. The highest BCUT2D eigenvalue weighted by Crippen LogP contribution is 2.32. The summed E-state index contributed by atoms with van der Waals surface area (Å²) in [4.78, 5) is 22.5. The molecule has 1 atom stereocenters. The summed E-state index contributed by atoms with van der Waals surface area (Å²) < 4.78 is 0. The third-order valence-electron chi connectivity index (χ3n) is 3.58. The number of pyridine rings is 2. The number of likely N-dealkylation sites (tertiary alicyclic amines) is 1. The molecule has 0 radical (unpaired) electrons. The van der Waals surface area contributed by atoms with Crippen LogP contribution in [-0.4, -0.2) is 27.3 Å². The van der Waals surface area contributed by atoms with E-state index in [9.17, 15) is 4.79 Å². The molecule has 0 bridgehead atoms. The molecule has 0 spiro atoms. The van der Waals surface area contributed by atoms with Crippen molar-refractivity contribution < 1.29 is 4.79 Å². The van der Waals surface area contributed by atoms with E-state index in [4.69, 9.17) is 11.6 Å². The molecular weight excluding hydrogens is 274 g/mol. The van der Waals surface area contributed by atoms with Crippen LogP contribution in [0.4, 0.5) is 0 Å². The lowest BCUT2D eigenvalue weighted by Gasteiger charge is -2.25. The van der Waals surface area contributed by atoms with E-state index in [1.807, 2.05) is 17.0 Å². The van der Waals surface area contributed by atoms with E-state index in [2.05, 4.69) is 9.97 Å². The van der Waals surface area contributed by atoms with Gasteiger partial charge in [0.05, 0.1) is 11.6 Å². The van der Waals surface area contributed by atoms with Gasteiger partial charge >= 0.3 is 0 Å². The minimum absolute atomic E-state index is 0.00785. The van der Waals surface area contributed by atoms with Crippen LogP contribution in [0.2, 0.25) is 5.15 Å². The first-order chi connectivity index (χ1) is 9.75. The summed E-state index contributed by atoms with van der Waals surface area (Å²) in [6.07, 6.45) is 7.06. The molecule has 1 aliphatic heterocycles. The Bertz CT molecular complexity index is 600. The van der Waals surface area contributed by atoms with Crippen LogP contribution in [0, 0.1) is 0 Å². The number of carbonyl (C=O) groups is 1. The summed E-state index contributed by atoms with van der Waals surface area (Å²) >= 11 is 5.76. The molecule has 1 saturated heterocycles. The van der Waals surface area contributed by atoms with Crippen LogP contribution in [0.15, 0.2) is 42.9 Å². The number of hydrogen-bond donors (Lipinski definition) is 0. The fourth-order valence-electron chi connectivity index (χ4n) is 2.61. The van der Waals surface area contributed by atoms with Gasteiger partial charge in [0.15, 0.2) is 0 Å². The summed E-state index contributed by atoms with van der Waals surface area (Å²) in [5.41, 5.74) is 1.71. The van der Waals surface area contributed by atoms with Gasteiger partial charge in [-0.3, -0.25) is 9.78 Å². The van der Waals surface area contributed by atoms with Crippen molar-refractivity contribution in [3.63, 3.8) is 0 Å². The average molecular weight is 288 g/mol. The largest absolute Gasteiger partial charge is 0.332 e. The first kappa shape index (κ1) is 13.1. The number of aromatic nitrogens is 2. The fraction of sp³-hybridized carbons (Fsp3) is 0.267. The zero-order valence-electron chi connectivity index (χ0n) is 10.9. The van der Waals surface area contributed by atoms with Crippen molar-refractivity contribution >= 4 is 17.5 Å². The van der Waals surface area contributed by atoms with Crippen molar-refractivity contribution in [3.05, 3.63) is 59.1 Å². The molecule has 2 aromatic heterocycles. The van der Waals surface area contributed by atoms with Crippen molar-refractivity contribution in [1.29, 1.82) is 0 Å². The first-order valence-electron chi connectivity index (χ1n) is 6.58. The lowest BCUT2D eigenvalue weighted by Crippen LogP contribution is -2.30. The molecule has 0 saturated carbocycles. The third kappa shape index (κ3) is 2.51. The summed E-state index contributed by atoms with van der Waals surface area (Å²) in [5.74, 6) is 0.00785. The predicted octanol–water partition coefficient (Wildman–Crippen LogP) is 3.11. The molecule has 4 nitrogen and oxygen atoms in total. The van der Waals surface area contributed by atoms with Crippen LogP contribution in [0.1, 0.15) is 34.8 Å². The molecule has 20 heavy (non-hydrogen) atoms. The van der Waals surface area contributed by atoms with E-state index in [0.29, 0.717) is 10.7 Å². The van der Waals surface area contributed by atoms with E-state index >= 15 is 0 Å². The van der Waals surface area contributed by atoms with E-state index in [-0.39, 0.29) is 11.9 Å². The van der Waals surface area contributed by atoms with Crippen molar-refractivity contribution in [1.82, 2.24) is 14.9 Å². The summed E-state index contributed by atoms with van der Waals surface area (Å²) in [6, 6.07) is 7.43. The smallest absolute Gasteiger partial charge is 0.255 e. The Kier molecular flexibility index (Phi) is 3.65. The van der Waals surface area contributed by atoms with Crippen LogP contribution >= 0.6 is 11.6 Å². The maximum absolute atomic E-state index is 12.6. The van der Waals surface area contributed by atoms with Gasteiger partial charge in [-0.15, -0.1) is 0 Å². The van der Waals surface area contributed by atoms with Crippen molar-refractivity contribution in [3.8, 4) is 0 Å². The molecule has 3 heterocycles. The number of rotatable bonds is 2. The Labute approximate surface area is 122 Å². The topological polar surface area (TPSA) is 46.1 Å². The van der Waals surface area contributed by atoms with E-state index < -0.39 is 0 Å². The number of hydrogen-bond acceptors (Lipinski definition) is 3. The van der Waals surface area contributed by atoms with Crippen LogP contribution < -0.4 is 0 Å². The maximum Gasteiger partial charge on any atom is 0.255 e. The normalized spacial score (nSPS) is 18.2. The van der Waals surface area contributed by atoms with Crippen LogP contribution in [0.5, 0.6) is 0 Å². The zero-order chi connectivity index (χ0) is 13.9. The van der Waals surface area contributed by atoms with Crippen LogP contribution in [0.3, 0.4) is 0 Å². The second kappa shape index (κ2) is 5.59. The predicted molar refractivity (Wildman–Crippen MR) is 76.5 cm³/mol. The van der Waals surface area contributed by atoms with E-state index in [1.165, 1.54) is 6.20 Å².